The molecule has 6 nitrogen and oxygen atoms in total. The summed E-state index contributed by atoms with van der Waals surface area (Å²) in [6, 6.07) is 0. The zero-order valence-electron chi connectivity index (χ0n) is 6.17. The molecule has 0 unspecified atom stereocenters. The summed E-state index contributed by atoms with van der Waals surface area (Å²) in [5.41, 5.74) is 0. The van der Waals surface area contributed by atoms with Gasteiger partial charge < -0.3 is 9.67 Å². The van der Waals surface area contributed by atoms with Crippen LogP contribution in [0.3, 0.4) is 0 Å². The number of hydrogen-bond acceptors (Lipinski definition) is 4. The molecule has 0 saturated carbocycles. The van der Waals surface area contributed by atoms with Gasteiger partial charge in [0.05, 0.1) is 18.9 Å². The predicted octanol–water partition coefficient (Wildman–Crippen LogP) is 0.756. The minimum Gasteiger partial charge on any atom is -0.481 e. The van der Waals surface area contributed by atoms with Crippen LogP contribution in [-0.4, -0.2) is 20.6 Å². The van der Waals surface area contributed by atoms with Crippen molar-refractivity contribution in [3.8, 4) is 0 Å². The molecule has 0 spiro atoms. The Kier molecular flexibility index (Phi) is 2.52. The van der Waals surface area contributed by atoms with E-state index in [1.54, 1.807) is 0 Å². The van der Waals surface area contributed by atoms with E-state index < -0.39 is 5.97 Å². The molecule has 0 fully saturated rings. The Labute approximate surface area is 67.8 Å². The molecular formula is C6H7N3O3. The predicted molar refractivity (Wildman–Crippen MR) is 39.9 cm³/mol. The van der Waals surface area contributed by atoms with Gasteiger partial charge in [0, 0.05) is 6.54 Å². The van der Waals surface area contributed by atoms with Gasteiger partial charge in [-0.2, -0.15) is 0 Å². The number of imidazole rings is 1. The van der Waals surface area contributed by atoms with Gasteiger partial charge in [-0.3, -0.25) is 4.79 Å². The molecule has 0 amide bonds. The molecule has 0 aliphatic heterocycles. The second-order valence-corrected chi connectivity index (χ2v) is 2.20. The average molecular weight is 169 g/mol. The summed E-state index contributed by atoms with van der Waals surface area (Å²) in [5, 5.41) is 10.9. The first-order chi connectivity index (χ1) is 5.72. The SMILES string of the molecule is O=Nc1cn(CCC(=O)O)cn1. The number of carbonyl (C=O) groups is 1. The van der Waals surface area contributed by atoms with Gasteiger partial charge in [0.2, 0.25) is 5.82 Å². The molecule has 0 bridgehead atoms. The third-order valence-electron chi connectivity index (χ3n) is 1.30. The second-order valence-electron chi connectivity index (χ2n) is 2.20. The monoisotopic (exact) mass is 169 g/mol. The highest BCUT2D eigenvalue weighted by Crippen LogP contribution is 2.05. The molecule has 1 N–H and O–H groups in total. The van der Waals surface area contributed by atoms with Crippen molar-refractivity contribution in [2.75, 3.05) is 0 Å². The van der Waals surface area contributed by atoms with Crippen molar-refractivity contribution in [3.63, 3.8) is 0 Å². The number of aromatic nitrogens is 2. The number of aliphatic carboxylic acids is 1. The van der Waals surface area contributed by atoms with Gasteiger partial charge in [0.25, 0.3) is 0 Å². The Morgan fingerprint density at radius 3 is 3.00 bits per heavy atom. The first-order valence-corrected chi connectivity index (χ1v) is 3.29. The molecule has 1 rings (SSSR count). The van der Waals surface area contributed by atoms with Crippen LogP contribution in [0, 0.1) is 4.91 Å². The molecule has 12 heavy (non-hydrogen) atoms. The third-order valence-corrected chi connectivity index (χ3v) is 1.30. The highest BCUT2D eigenvalue weighted by molar-refractivity contribution is 5.66. The van der Waals surface area contributed by atoms with Gasteiger partial charge in [-0.15, -0.1) is 4.91 Å². The highest BCUT2D eigenvalue weighted by atomic mass is 16.4. The molecule has 0 atom stereocenters. The van der Waals surface area contributed by atoms with Crippen LogP contribution >= 0.6 is 0 Å². The van der Waals surface area contributed by atoms with Crippen molar-refractivity contribution in [2.24, 2.45) is 5.18 Å². The van der Waals surface area contributed by atoms with E-state index in [0.717, 1.165) is 0 Å². The first kappa shape index (κ1) is 8.38. The molecule has 0 aromatic carbocycles. The van der Waals surface area contributed by atoms with E-state index in [4.69, 9.17) is 5.11 Å². The van der Waals surface area contributed by atoms with Crippen molar-refractivity contribution in [2.45, 2.75) is 13.0 Å². The Balaban J connectivity index is 2.52. The van der Waals surface area contributed by atoms with Gasteiger partial charge in [-0.25, -0.2) is 4.98 Å². The lowest BCUT2D eigenvalue weighted by atomic mass is 10.4. The highest BCUT2D eigenvalue weighted by Gasteiger charge is 2.00. The summed E-state index contributed by atoms with van der Waals surface area (Å²) >= 11 is 0. The zero-order chi connectivity index (χ0) is 8.97. The van der Waals surface area contributed by atoms with E-state index in [9.17, 15) is 9.70 Å². The van der Waals surface area contributed by atoms with Gasteiger partial charge >= 0.3 is 5.97 Å². The number of hydrogen-bond donors (Lipinski definition) is 1. The van der Waals surface area contributed by atoms with Crippen LogP contribution in [0.1, 0.15) is 6.42 Å². The fraction of sp³-hybridized carbons (Fsp3) is 0.333. The third kappa shape index (κ3) is 2.15. The van der Waals surface area contributed by atoms with Crippen LogP contribution in [0.15, 0.2) is 17.7 Å². The van der Waals surface area contributed by atoms with Crippen molar-refractivity contribution < 1.29 is 9.90 Å². The summed E-state index contributed by atoms with van der Waals surface area (Å²) in [6.45, 7) is 0.303. The van der Waals surface area contributed by atoms with E-state index in [0.29, 0.717) is 6.54 Å². The summed E-state index contributed by atoms with van der Waals surface area (Å²) in [4.78, 5) is 23.6. The number of nitrogens with zero attached hydrogens (tertiary/aromatic N) is 3. The van der Waals surface area contributed by atoms with Crippen LogP contribution in [0.4, 0.5) is 5.82 Å². The molecule has 6 heteroatoms. The summed E-state index contributed by atoms with van der Waals surface area (Å²) in [5.74, 6) is -0.815. The number of nitroso groups, excluding NO2 is 1. The van der Waals surface area contributed by atoms with Crippen molar-refractivity contribution in [1.29, 1.82) is 0 Å². The topological polar surface area (TPSA) is 84.5 Å². The minimum absolute atomic E-state index is 0.00859. The van der Waals surface area contributed by atoms with Crippen LogP contribution in [0.25, 0.3) is 0 Å². The normalized spacial score (nSPS) is 9.67. The van der Waals surface area contributed by atoms with Crippen molar-refractivity contribution >= 4 is 11.8 Å². The number of rotatable bonds is 4. The molecule has 0 aliphatic rings. The molecule has 1 aromatic heterocycles. The maximum Gasteiger partial charge on any atom is 0.305 e. The Hall–Kier alpha value is -1.72. The summed E-state index contributed by atoms with van der Waals surface area (Å²) in [7, 11) is 0. The number of carboxylic acid groups (broad SMARTS) is 1. The standard InChI is InChI=1S/C6H7N3O3/c10-6(11)1-2-9-3-5(8-12)7-4-9/h3-4H,1-2H2,(H,10,11). The maximum absolute atomic E-state index is 10.1. The van der Waals surface area contributed by atoms with Crippen molar-refractivity contribution in [1.82, 2.24) is 9.55 Å². The minimum atomic E-state index is -0.885. The zero-order valence-corrected chi connectivity index (χ0v) is 6.17. The van der Waals surface area contributed by atoms with Gasteiger partial charge in [-0.1, -0.05) is 0 Å². The maximum atomic E-state index is 10.1. The van der Waals surface area contributed by atoms with Crippen LogP contribution in [0.2, 0.25) is 0 Å². The molecule has 0 radical (unpaired) electrons. The fourth-order valence-corrected chi connectivity index (χ4v) is 0.742. The average Bonchev–Trinajstić information content (AvgIpc) is 2.48. The Morgan fingerprint density at radius 1 is 1.75 bits per heavy atom. The summed E-state index contributed by atoms with van der Waals surface area (Å²) in [6.07, 6.45) is 2.78. The largest absolute Gasteiger partial charge is 0.481 e. The summed E-state index contributed by atoms with van der Waals surface area (Å²) < 4.78 is 1.50. The van der Waals surface area contributed by atoms with Gasteiger partial charge in [0.15, 0.2) is 0 Å². The van der Waals surface area contributed by atoms with Gasteiger partial charge in [0.1, 0.15) is 0 Å². The Bertz CT molecular complexity index is 294. The Morgan fingerprint density at radius 2 is 2.50 bits per heavy atom. The number of carboxylic acids is 1. The van der Waals surface area contributed by atoms with Gasteiger partial charge in [-0.05, 0) is 5.18 Å². The smallest absolute Gasteiger partial charge is 0.305 e. The lowest BCUT2D eigenvalue weighted by Gasteiger charge is -1.95. The molecule has 1 heterocycles. The van der Waals surface area contributed by atoms with E-state index in [-0.39, 0.29) is 12.2 Å². The molecule has 1 aromatic rings. The lowest BCUT2D eigenvalue weighted by molar-refractivity contribution is -0.137. The molecule has 64 valence electrons. The molecule has 0 aliphatic carbocycles. The van der Waals surface area contributed by atoms with E-state index in [1.807, 2.05) is 0 Å². The molecule has 0 saturated heterocycles. The lowest BCUT2D eigenvalue weighted by Crippen LogP contribution is -2.02. The van der Waals surface area contributed by atoms with Crippen molar-refractivity contribution in [3.05, 3.63) is 17.4 Å². The fourth-order valence-electron chi connectivity index (χ4n) is 0.742. The quantitative estimate of drug-likeness (QED) is 0.674. The van der Waals surface area contributed by atoms with Crippen LogP contribution in [0.5, 0.6) is 0 Å². The van der Waals surface area contributed by atoms with E-state index >= 15 is 0 Å². The first-order valence-electron chi connectivity index (χ1n) is 3.29. The van der Waals surface area contributed by atoms with E-state index in [1.165, 1.54) is 17.1 Å². The molecular weight excluding hydrogens is 162 g/mol. The second kappa shape index (κ2) is 3.61. The number of aryl methyl sites for hydroxylation is 1. The van der Waals surface area contributed by atoms with E-state index in [2.05, 4.69) is 10.2 Å². The van der Waals surface area contributed by atoms with Crippen LogP contribution in [-0.2, 0) is 11.3 Å². The van der Waals surface area contributed by atoms with Crippen LogP contribution < -0.4 is 0 Å².